The minimum absolute atomic E-state index is 0.418. The van der Waals surface area contributed by atoms with Gasteiger partial charge in [0.15, 0.2) is 0 Å². The maximum Gasteiger partial charge on any atom is 0.119 e. The molecule has 2 heteroatoms. The second-order valence-corrected chi connectivity index (χ2v) is 4.26. The number of aliphatic hydroxyl groups is 1. The van der Waals surface area contributed by atoms with Gasteiger partial charge in [-0.05, 0) is 43.0 Å². The number of rotatable bonds is 3. The monoisotopic (exact) mass is 192 g/mol. The highest BCUT2D eigenvalue weighted by Crippen LogP contribution is 2.38. The summed E-state index contributed by atoms with van der Waals surface area (Å²) in [6.07, 6.45) is 2.62. The molecule has 14 heavy (non-hydrogen) atoms. The quantitative estimate of drug-likeness (QED) is 0.794. The summed E-state index contributed by atoms with van der Waals surface area (Å²) in [5, 5.41) is 9.80. The van der Waals surface area contributed by atoms with E-state index in [4.69, 9.17) is 4.74 Å². The van der Waals surface area contributed by atoms with E-state index in [2.05, 4.69) is 6.07 Å². The summed E-state index contributed by atoms with van der Waals surface area (Å²) in [6, 6.07) is 6.11. The molecule has 0 radical (unpaired) electrons. The van der Waals surface area contributed by atoms with E-state index in [9.17, 15) is 5.11 Å². The van der Waals surface area contributed by atoms with E-state index in [1.54, 1.807) is 7.11 Å². The van der Waals surface area contributed by atoms with Gasteiger partial charge in [-0.2, -0.15) is 0 Å². The predicted molar refractivity (Wildman–Crippen MR) is 55.6 cm³/mol. The third-order valence-corrected chi connectivity index (χ3v) is 2.71. The summed E-state index contributed by atoms with van der Waals surface area (Å²) in [6.45, 7) is 2.04. The summed E-state index contributed by atoms with van der Waals surface area (Å²) in [4.78, 5) is 0. The maximum absolute atomic E-state index is 9.80. The molecule has 1 saturated carbocycles. The fraction of sp³-hybridized carbons (Fsp3) is 0.500. The maximum atomic E-state index is 9.80. The lowest BCUT2D eigenvalue weighted by Crippen LogP contribution is -2.10. The van der Waals surface area contributed by atoms with Crippen LogP contribution >= 0.6 is 0 Å². The van der Waals surface area contributed by atoms with Gasteiger partial charge in [0, 0.05) is 6.42 Å². The van der Waals surface area contributed by atoms with Crippen molar-refractivity contribution >= 4 is 0 Å². The fourth-order valence-corrected chi connectivity index (χ4v) is 1.75. The zero-order valence-corrected chi connectivity index (χ0v) is 8.71. The molecule has 2 nitrogen and oxygen atoms in total. The molecular weight excluding hydrogens is 176 g/mol. The van der Waals surface area contributed by atoms with E-state index >= 15 is 0 Å². The molecule has 0 spiro atoms. The lowest BCUT2D eigenvalue weighted by Gasteiger charge is -2.10. The Balaban J connectivity index is 2.20. The van der Waals surface area contributed by atoms with E-state index in [-0.39, 0.29) is 0 Å². The van der Waals surface area contributed by atoms with Crippen LogP contribution < -0.4 is 4.74 Å². The van der Waals surface area contributed by atoms with Crippen LogP contribution in [-0.4, -0.2) is 17.8 Å². The number of aryl methyl sites for hydroxylation is 1. The van der Waals surface area contributed by atoms with Gasteiger partial charge in [0.05, 0.1) is 12.7 Å². The molecule has 1 N–H and O–H groups in total. The van der Waals surface area contributed by atoms with E-state index in [0.717, 1.165) is 25.0 Å². The molecule has 1 aromatic carbocycles. The van der Waals surface area contributed by atoms with Gasteiger partial charge in [-0.3, -0.25) is 0 Å². The Kier molecular flexibility index (Phi) is 2.23. The first-order valence-corrected chi connectivity index (χ1v) is 4.98. The molecule has 1 aromatic rings. The molecule has 0 heterocycles. The number of hydrogen-bond acceptors (Lipinski definition) is 2. The van der Waals surface area contributed by atoms with Gasteiger partial charge >= 0.3 is 0 Å². The normalized spacial score (nSPS) is 17.9. The SMILES string of the molecule is COc1cc(C)cc(CC2(O)CC2)c1. The van der Waals surface area contributed by atoms with Gasteiger partial charge in [0.25, 0.3) is 0 Å². The lowest BCUT2D eigenvalue weighted by molar-refractivity contribution is 0.151. The summed E-state index contributed by atoms with van der Waals surface area (Å²) >= 11 is 0. The molecule has 0 unspecified atom stereocenters. The van der Waals surface area contributed by atoms with Crippen LogP contribution in [0.25, 0.3) is 0 Å². The van der Waals surface area contributed by atoms with Crippen LogP contribution in [0.2, 0.25) is 0 Å². The van der Waals surface area contributed by atoms with Gasteiger partial charge in [-0.25, -0.2) is 0 Å². The largest absolute Gasteiger partial charge is 0.497 e. The van der Waals surface area contributed by atoms with Crippen LogP contribution in [0.1, 0.15) is 24.0 Å². The van der Waals surface area contributed by atoms with Crippen molar-refractivity contribution in [3.8, 4) is 5.75 Å². The van der Waals surface area contributed by atoms with Crippen molar-refractivity contribution in [2.45, 2.75) is 31.8 Å². The van der Waals surface area contributed by atoms with Crippen molar-refractivity contribution in [2.75, 3.05) is 7.11 Å². The molecule has 0 amide bonds. The summed E-state index contributed by atoms with van der Waals surface area (Å²) in [5.74, 6) is 0.879. The van der Waals surface area contributed by atoms with Crippen molar-refractivity contribution in [1.29, 1.82) is 0 Å². The molecule has 0 saturated heterocycles. The third-order valence-electron chi connectivity index (χ3n) is 2.71. The average molecular weight is 192 g/mol. The predicted octanol–water partition coefficient (Wildman–Crippen LogP) is 2.07. The molecule has 2 rings (SSSR count). The Morgan fingerprint density at radius 1 is 1.36 bits per heavy atom. The average Bonchev–Trinajstić information content (AvgIpc) is 2.82. The van der Waals surface area contributed by atoms with Crippen LogP contribution in [0.3, 0.4) is 0 Å². The zero-order chi connectivity index (χ0) is 10.2. The molecule has 0 aromatic heterocycles. The van der Waals surface area contributed by atoms with Gasteiger partial charge in [-0.15, -0.1) is 0 Å². The van der Waals surface area contributed by atoms with Crippen molar-refractivity contribution in [1.82, 2.24) is 0 Å². The first-order chi connectivity index (χ1) is 6.61. The Bertz CT molecular complexity index is 340. The van der Waals surface area contributed by atoms with E-state index in [1.807, 2.05) is 19.1 Å². The molecule has 76 valence electrons. The Labute approximate surface area is 84.5 Å². The number of methoxy groups -OCH3 is 1. The van der Waals surface area contributed by atoms with Crippen LogP contribution in [0.4, 0.5) is 0 Å². The summed E-state index contributed by atoms with van der Waals surface area (Å²) < 4.78 is 5.19. The first kappa shape index (κ1) is 9.53. The van der Waals surface area contributed by atoms with Crippen LogP contribution in [0.15, 0.2) is 18.2 Å². The summed E-state index contributed by atoms with van der Waals surface area (Å²) in [5.41, 5.74) is 1.93. The van der Waals surface area contributed by atoms with Crippen molar-refractivity contribution in [3.05, 3.63) is 29.3 Å². The molecule has 0 aliphatic heterocycles. The topological polar surface area (TPSA) is 29.5 Å². The van der Waals surface area contributed by atoms with E-state index in [1.165, 1.54) is 11.1 Å². The lowest BCUT2D eigenvalue weighted by atomic mass is 10.0. The van der Waals surface area contributed by atoms with Crippen LogP contribution in [0, 0.1) is 6.92 Å². The van der Waals surface area contributed by atoms with Crippen LogP contribution in [-0.2, 0) is 6.42 Å². The first-order valence-electron chi connectivity index (χ1n) is 4.98. The Morgan fingerprint density at radius 2 is 2.07 bits per heavy atom. The number of ether oxygens (including phenoxy) is 1. The Morgan fingerprint density at radius 3 is 2.64 bits per heavy atom. The molecule has 0 bridgehead atoms. The molecule has 1 aliphatic rings. The minimum Gasteiger partial charge on any atom is -0.497 e. The van der Waals surface area contributed by atoms with Gasteiger partial charge in [0.1, 0.15) is 5.75 Å². The van der Waals surface area contributed by atoms with E-state index in [0.29, 0.717) is 0 Å². The molecule has 0 atom stereocenters. The number of hydrogen-bond donors (Lipinski definition) is 1. The van der Waals surface area contributed by atoms with Crippen molar-refractivity contribution < 1.29 is 9.84 Å². The van der Waals surface area contributed by atoms with Gasteiger partial charge in [0.2, 0.25) is 0 Å². The smallest absolute Gasteiger partial charge is 0.119 e. The van der Waals surface area contributed by atoms with E-state index < -0.39 is 5.60 Å². The highest BCUT2D eigenvalue weighted by molar-refractivity contribution is 5.35. The zero-order valence-electron chi connectivity index (χ0n) is 8.71. The van der Waals surface area contributed by atoms with Gasteiger partial charge < -0.3 is 9.84 Å². The van der Waals surface area contributed by atoms with Gasteiger partial charge in [-0.1, -0.05) is 6.07 Å². The van der Waals surface area contributed by atoms with Crippen LogP contribution in [0.5, 0.6) is 5.75 Å². The molecule has 1 aliphatic carbocycles. The fourth-order valence-electron chi connectivity index (χ4n) is 1.75. The number of benzene rings is 1. The highest BCUT2D eigenvalue weighted by atomic mass is 16.5. The summed E-state index contributed by atoms with van der Waals surface area (Å²) in [7, 11) is 1.67. The van der Waals surface area contributed by atoms with Crippen molar-refractivity contribution in [2.24, 2.45) is 0 Å². The third kappa shape index (κ3) is 2.07. The van der Waals surface area contributed by atoms with Crippen molar-refractivity contribution in [3.63, 3.8) is 0 Å². The molecule has 1 fully saturated rings. The molecular formula is C12H16O2. The Hall–Kier alpha value is -1.02. The second kappa shape index (κ2) is 3.28. The second-order valence-electron chi connectivity index (χ2n) is 4.26. The standard InChI is InChI=1S/C12H16O2/c1-9-5-10(7-11(6-9)14-2)8-12(13)3-4-12/h5-7,13H,3-4,8H2,1-2H3. The highest BCUT2D eigenvalue weighted by Gasteiger charge is 2.40. The minimum atomic E-state index is -0.418.